The van der Waals surface area contributed by atoms with Crippen LogP contribution in [0.5, 0.6) is 11.5 Å². The summed E-state index contributed by atoms with van der Waals surface area (Å²) in [6.07, 6.45) is 5.38. The molecule has 16 nitrogen and oxygen atoms in total. The van der Waals surface area contributed by atoms with Crippen LogP contribution in [0, 0.1) is 0 Å². The predicted molar refractivity (Wildman–Crippen MR) is 277 cm³/mol. The first-order valence-electron chi connectivity index (χ1n) is 25.0. The molecule has 6 heterocycles. The van der Waals surface area contributed by atoms with E-state index in [4.69, 9.17) is 18.9 Å². The highest BCUT2D eigenvalue weighted by Gasteiger charge is 2.40. The molecule has 0 bridgehead atoms. The number of carbonyl (C=O) groups is 4. The zero-order chi connectivity index (χ0) is 50.9. The van der Waals surface area contributed by atoms with Gasteiger partial charge < -0.3 is 38.5 Å². The minimum Gasteiger partial charge on any atom is -0.483 e. The molecule has 0 aliphatic carbocycles. The lowest BCUT2D eigenvalue weighted by molar-refractivity contribution is -0.123. The predicted octanol–water partition coefficient (Wildman–Crippen LogP) is 8.80. The number of carbonyl (C=O) groups excluding carboxylic acids is 4. The first-order valence-corrected chi connectivity index (χ1v) is 25.0. The molecule has 0 radical (unpaired) electrons. The van der Waals surface area contributed by atoms with E-state index in [9.17, 15) is 19.2 Å². The zero-order valence-electron chi connectivity index (χ0n) is 42.5. The summed E-state index contributed by atoms with van der Waals surface area (Å²) >= 11 is 0. The summed E-state index contributed by atoms with van der Waals surface area (Å²) in [4.78, 5) is 58.4. The third-order valence-corrected chi connectivity index (χ3v) is 13.7. The lowest BCUT2D eigenvalue weighted by atomic mass is 9.83. The fourth-order valence-electron chi connectivity index (χ4n) is 10.2. The Bertz CT molecular complexity index is 2780. The van der Waals surface area contributed by atoms with Crippen molar-refractivity contribution < 1.29 is 38.1 Å². The molecule has 5 atom stereocenters. The van der Waals surface area contributed by atoms with Crippen LogP contribution in [0.4, 0.5) is 21.0 Å². The molecule has 378 valence electrons. The largest absolute Gasteiger partial charge is 0.483 e. The molecule has 1 fully saturated rings. The first-order chi connectivity index (χ1) is 34.4. The standard InChI is InChI=1S/C28H34N4O4.C28H32N4O4/c2*1-18-26(33)30-29-25-17-35-24-11-10-20(16-23(24)32(18)25)21-12-13-31(27(34)36-28(2,3)4)22(15-21)14-19-8-6-5-7-9-19/h5-11,16,18,21-22H,12-15,17H2,1-4H3,(H,30,33);5-12,16,18,22H,13-15,17H2,1-4H3,(H,30,33). The molecule has 6 aliphatic rings. The van der Waals surface area contributed by atoms with Gasteiger partial charge >= 0.3 is 12.2 Å². The highest BCUT2D eigenvalue weighted by Crippen LogP contribution is 2.42. The fraction of sp³-hybridized carbons (Fsp3) is 0.429. The van der Waals surface area contributed by atoms with E-state index in [0.29, 0.717) is 44.4 Å². The van der Waals surface area contributed by atoms with Gasteiger partial charge in [0.25, 0.3) is 11.8 Å². The lowest BCUT2D eigenvalue weighted by Gasteiger charge is -2.41. The van der Waals surface area contributed by atoms with Gasteiger partial charge in [-0.05, 0) is 146 Å². The molecular formula is C56H66N8O8. The number of amides is 4. The lowest BCUT2D eigenvalue weighted by Crippen LogP contribution is -2.55. The highest BCUT2D eigenvalue weighted by molar-refractivity contribution is 6.10. The molecule has 1 saturated heterocycles. The molecule has 72 heavy (non-hydrogen) atoms. The Labute approximate surface area is 422 Å². The number of ether oxygens (including phenoxy) is 4. The summed E-state index contributed by atoms with van der Waals surface area (Å²) in [6, 6.07) is 32.0. The van der Waals surface area contributed by atoms with Crippen molar-refractivity contribution in [1.82, 2.24) is 20.7 Å². The summed E-state index contributed by atoms with van der Waals surface area (Å²) in [5, 5.41) is 8.39. The van der Waals surface area contributed by atoms with Crippen molar-refractivity contribution in [3.63, 3.8) is 0 Å². The second kappa shape index (κ2) is 20.4. The molecule has 10 rings (SSSR count). The molecule has 2 N–H and O–H groups in total. The maximum absolute atomic E-state index is 13.1. The number of anilines is 2. The second-order valence-corrected chi connectivity index (χ2v) is 21.2. The van der Waals surface area contributed by atoms with Gasteiger partial charge in [-0.3, -0.25) is 9.59 Å². The van der Waals surface area contributed by atoms with Gasteiger partial charge in [-0.2, -0.15) is 10.2 Å². The Morgan fingerprint density at radius 3 is 1.74 bits per heavy atom. The maximum atomic E-state index is 13.1. The monoisotopic (exact) mass is 979 g/mol. The van der Waals surface area contributed by atoms with E-state index < -0.39 is 11.2 Å². The molecule has 4 aromatic rings. The second-order valence-electron chi connectivity index (χ2n) is 21.2. The Balaban J connectivity index is 0.000000178. The highest BCUT2D eigenvalue weighted by atomic mass is 16.6. The van der Waals surface area contributed by atoms with E-state index in [1.165, 1.54) is 16.7 Å². The van der Waals surface area contributed by atoms with Crippen LogP contribution in [0.3, 0.4) is 0 Å². The van der Waals surface area contributed by atoms with Crippen molar-refractivity contribution >= 4 is 52.6 Å². The van der Waals surface area contributed by atoms with Gasteiger partial charge in [0.15, 0.2) is 11.7 Å². The third-order valence-electron chi connectivity index (χ3n) is 13.7. The normalized spacial score (nSPS) is 22.5. The van der Waals surface area contributed by atoms with Gasteiger partial charge in [0.2, 0.25) is 0 Å². The summed E-state index contributed by atoms with van der Waals surface area (Å²) in [5.74, 6) is 2.85. The number of nitrogens with one attached hydrogen (secondary N) is 2. The van der Waals surface area contributed by atoms with Crippen molar-refractivity contribution in [2.75, 3.05) is 36.1 Å². The van der Waals surface area contributed by atoms with E-state index in [0.717, 1.165) is 59.7 Å². The average molecular weight is 979 g/mol. The van der Waals surface area contributed by atoms with Crippen LogP contribution in [0.15, 0.2) is 113 Å². The molecule has 5 unspecified atom stereocenters. The summed E-state index contributed by atoms with van der Waals surface area (Å²) < 4.78 is 23.3. The summed E-state index contributed by atoms with van der Waals surface area (Å²) in [7, 11) is 0. The summed E-state index contributed by atoms with van der Waals surface area (Å²) in [5.41, 5.74) is 11.5. The molecule has 4 amide bonds. The SMILES string of the molecule is CC1C(=O)NN=C2COc3ccc(C4=CCN(C(=O)OC(C)(C)C)C(Cc5ccccc5)C4)cc3N21.CC1C(=O)NN=C2COc3ccc(C4CCN(C(=O)OC(C)(C)C)C(Cc5ccccc5)C4)cc3N21. The van der Waals surface area contributed by atoms with Crippen LogP contribution in [-0.4, -0.2) is 107 Å². The van der Waals surface area contributed by atoms with Gasteiger partial charge in [0.1, 0.15) is 48.0 Å². The number of amidine groups is 2. The van der Waals surface area contributed by atoms with E-state index in [-0.39, 0.29) is 54.1 Å². The number of hydrogen-bond acceptors (Lipinski definition) is 12. The zero-order valence-corrected chi connectivity index (χ0v) is 42.5. The Kier molecular flexibility index (Phi) is 14.1. The topological polar surface area (TPSA) is 167 Å². The van der Waals surface area contributed by atoms with Crippen molar-refractivity contribution in [3.8, 4) is 11.5 Å². The molecule has 16 heteroatoms. The van der Waals surface area contributed by atoms with Crippen LogP contribution in [0.1, 0.15) is 103 Å². The number of hydrogen-bond donors (Lipinski definition) is 2. The van der Waals surface area contributed by atoms with Gasteiger partial charge in [0.05, 0.1) is 11.4 Å². The van der Waals surface area contributed by atoms with Crippen LogP contribution in [0.2, 0.25) is 0 Å². The molecule has 0 spiro atoms. The van der Waals surface area contributed by atoms with E-state index >= 15 is 0 Å². The quantitative estimate of drug-likeness (QED) is 0.191. The number of fused-ring (bicyclic) bond motifs is 6. The van der Waals surface area contributed by atoms with E-state index in [1.54, 1.807) is 0 Å². The summed E-state index contributed by atoms with van der Waals surface area (Å²) in [6.45, 7) is 16.8. The minimum atomic E-state index is -0.562. The number of rotatable bonds is 6. The molecule has 0 aromatic heterocycles. The van der Waals surface area contributed by atoms with Crippen molar-refractivity contribution in [3.05, 3.63) is 125 Å². The fourth-order valence-corrected chi connectivity index (χ4v) is 10.2. The number of piperidine rings is 1. The van der Waals surface area contributed by atoms with Crippen LogP contribution in [0.25, 0.3) is 5.57 Å². The Morgan fingerprint density at radius 2 is 1.18 bits per heavy atom. The molecule has 6 aliphatic heterocycles. The molecule has 0 saturated carbocycles. The average Bonchev–Trinajstić information content (AvgIpc) is 3.35. The molecule has 4 aromatic carbocycles. The number of nitrogens with zero attached hydrogens (tertiary/aromatic N) is 6. The number of hydrazone groups is 2. The first kappa shape index (κ1) is 49.6. The van der Waals surface area contributed by atoms with Gasteiger partial charge in [0, 0.05) is 25.2 Å². The van der Waals surface area contributed by atoms with Crippen molar-refractivity contribution in [2.24, 2.45) is 10.2 Å². The van der Waals surface area contributed by atoms with E-state index in [2.05, 4.69) is 69.6 Å². The van der Waals surface area contributed by atoms with Crippen molar-refractivity contribution in [2.45, 2.75) is 129 Å². The van der Waals surface area contributed by atoms with Crippen molar-refractivity contribution in [1.29, 1.82) is 0 Å². The Morgan fingerprint density at radius 1 is 0.667 bits per heavy atom. The third kappa shape index (κ3) is 11.1. The van der Waals surface area contributed by atoms with Gasteiger partial charge in [-0.25, -0.2) is 20.4 Å². The maximum Gasteiger partial charge on any atom is 0.410 e. The Hall–Kier alpha value is -7.36. The van der Waals surface area contributed by atoms with E-state index in [1.807, 2.05) is 130 Å². The molecular weight excluding hydrogens is 913 g/mol. The minimum absolute atomic E-state index is 0.0186. The van der Waals surface area contributed by atoms with Gasteiger partial charge in [-0.15, -0.1) is 0 Å². The van der Waals surface area contributed by atoms with Crippen LogP contribution >= 0.6 is 0 Å². The van der Waals surface area contributed by atoms with Gasteiger partial charge in [-0.1, -0.05) is 78.9 Å². The number of benzene rings is 4. The van der Waals surface area contributed by atoms with Crippen LogP contribution < -0.4 is 30.1 Å². The number of likely N-dealkylation sites (tertiary alicyclic amines) is 1. The smallest absolute Gasteiger partial charge is 0.410 e. The van der Waals surface area contributed by atoms with Crippen LogP contribution in [-0.2, 0) is 31.9 Å².